The lowest BCUT2D eigenvalue weighted by molar-refractivity contribution is -0.348. The summed E-state index contributed by atoms with van der Waals surface area (Å²) < 4.78 is 47.2. The molecule has 3 heterocycles. The highest BCUT2D eigenvalue weighted by Crippen LogP contribution is 2.39. The minimum absolute atomic E-state index is 0.0816. The Bertz CT molecular complexity index is 993. The van der Waals surface area contributed by atoms with Gasteiger partial charge in [-0.2, -0.15) is 0 Å². The van der Waals surface area contributed by atoms with Crippen molar-refractivity contribution in [3.63, 3.8) is 0 Å². The van der Waals surface area contributed by atoms with Crippen molar-refractivity contribution in [3.8, 4) is 23.6 Å². The molecule has 30 heavy (non-hydrogen) atoms. The minimum Gasteiger partial charge on any atom is -0.388 e. The van der Waals surface area contributed by atoms with E-state index in [0.717, 1.165) is 0 Å². The van der Waals surface area contributed by atoms with E-state index in [0.29, 0.717) is 0 Å². The molecule has 0 spiro atoms. The van der Waals surface area contributed by atoms with Crippen molar-refractivity contribution < 1.29 is 28.1 Å². The van der Waals surface area contributed by atoms with Crippen LogP contribution in [0.4, 0.5) is 8.78 Å². The van der Waals surface area contributed by atoms with Gasteiger partial charge in [-0.25, -0.2) is 13.5 Å². The van der Waals surface area contributed by atoms with E-state index < -0.39 is 47.9 Å². The van der Waals surface area contributed by atoms with E-state index in [4.69, 9.17) is 32.2 Å². The molecule has 0 saturated carbocycles. The Morgan fingerprint density at radius 1 is 1.37 bits per heavy atom. The van der Waals surface area contributed by atoms with Crippen LogP contribution in [0.15, 0.2) is 18.3 Å². The maximum absolute atomic E-state index is 14.3. The maximum Gasteiger partial charge on any atom is 0.178 e. The first-order valence-electron chi connectivity index (χ1n) is 9.36. The molecular weight excluding hydrogens is 420 g/mol. The van der Waals surface area contributed by atoms with E-state index in [1.807, 2.05) is 0 Å². The second-order valence-corrected chi connectivity index (χ2v) is 8.11. The number of aliphatic hydroxyl groups excluding tert-OH is 1. The van der Waals surface area contributed by atoms with Gasteiger partial charge < -0.3 is 19.3 Å². The van der Waals surface area contributed by atoms with E-state index in [9.17, 15) is 13.9 Å². The maximum atomic E-state index is 14.3. The SMILES string of the molecule is C#CC[C@H]1O[C@@H]2COC(C)(C)O[C@@H]2[C@H](n2cc(-c3ccc(Cl)c(F)c3F)nn2)[C@H]1O. The molecule has 1 aromatic heterocycles. The second kappa shape index (κ2) is 7.87. The number of fused-ring (bicyclic) bond motifs is 1. The molecule has 2 aliphatic rings. The first-order chi connectivity index (χ1) is 14.2. The van der Waals surface area contributed by atoms with Gasteiger partial charge in [-0.05, 0) is 26.0 Å². The normalized spacial score (nSPS) is 30.5. The van der Waals surface area contributed by atoms with E-state index in [2.05, 4.69) is 16.2 Å². The summed E-state index contributed by atoms with van der Waals surface area (Å²) in [4.78, 5) is 0. The molecule has 2 saturated heterocycles. The molecule has 10 heteroatoms. The summed E-state index contributed by atoms with van der Waals surface area (Å²) in [7, 11) is 0. The van der Waals surface area contributed by atoms with Crippen LogP contribution >= 0.6 is 11.6 Å². The molecule has 5 atom stereocenters. The summed E-state index contributed by atoms with van der Waals surface area (Å²) in [5.74, 6) is -0.719. The summed E-state index contributed by atoms with van der Waals surface area (Å²) >= 11 is 5.62. The van der Waals surface area contributed by atoms with Crippen molar-refractivity contribution in [3.05, 3.63) is 35.0 Å². The fourth-order valence-corrected chi connectivity index (χ4v) is 3.95. The summed E-state index contributed by atoms with van der Waals surface area (Å²) in [5, 5.41) is 18.6. The number of halogens is 3. The molecule has 0 radical (unpaired) electrons. The van der Waals surface area contributed by atoms with Crippen LogP contribution in [0.1, 0.15) is 26.3 Å². The Kier molecular flexibility index (Phi) is 5.55. The molecule has 1 N–H and O–H groups in total. The third-order valence-electron chi connectivity index (χ3n) is 5.24. The number of benzene rings is 1. The van der Waals surface area contributed by atoms with Gasteiger partial charge >= 0.3 is 0 Å². The molecule has 0 unspecified atom stereocenters. The van der Waals surface area contributed by atoms with Crippen molar-refractivity contribution >= 4 is 11.6 Å². The number of aliphatic hydroxyl groups is 1. The molecule has 2 aromatic rings. The van der Waals surface area contributed by atoms with Gasteiger partial charge in [-0.15, -0.1) is 17.4 Å². The zero-order chi connectivity index (χ0) is 21.6. The number of hydrogen-bond acceptors (Lipinski definition) is 6. The van der Waals surface area contributed by atoms with Gasteiger partial charge in [0.2, 0.25) is 0 Å². The van der Waals surface area contributed by atoms with E-state index in [1.54, 1.807) is 13.8 Å². The molecule has 160 valence electrons. The minimum atomic E-state index is -1.17. The fraction of sp³-hybridized carbons (Fsp3) is 0.500. The molecule has 7 nitrogen and oxygen atoms in total. The number of terminal acetylenes is 1. The molecule has 2 aliphatic heterocycles. The quantitative estimate of drug-likeness (QED) is 0.585. The molecular formula is C20H20ClF2N3O4. The average Bonchev–Trinajstić information content (AvgIpc) is 3.16. The number of aromatic nitrogens is 3. The van der Waals surface area contributed by atoms with Crippen molar-refractivity contribution in [2.75, 3.05) is 6.61 Å². The highest BCUT2D eigenvalue weighted by atomic mass is 35.5. The van der Waals surface area contributed by atoms with Crippen molar-refractivity contribution in [2.45, 2.75) is 56.5 Å². The van der Waals surface area contributed by atoms with Crippen LogP contribution in [-0.4, -0.2) is 56.9 Å². The van der Waals surface area contributed by atoms with Gasteiger partial charge in [0, 0.05) is 12.0 Å². The third kappa shape index (κ3) is 3.70. The Morgan fingerprint density at radius 2 is 2.13 bits per heavy atom. The lowest BCUT2D eigenvalue weighted by Crippen LogP contribution is -2.62. The lowest BCUT2D eigenvalue weighted by atomic mass is 9.90. The van der Waals surface area contributed by atoms with Gasteiger partial charge in [0.15, 0.2) is 17.4 Å². The topological polar surface area (TPSA) is 78.6 Å². The number of ether oxygens (including phenoxy) is 3. The molecule has 0 aliphatic carbocycles. The van der Waals surface area contributed by atoms with Gasteiger partial charge in [0.25, 0.3) is 0 Å². The van der Waals surface area contributed by atoms with E-state index in [1.165, 1.54) is 23.0 Å². The summed E-state index contributed by atoms with van der Waals surface area (Å²) in [6.45, 7) is 3.73. The Hall–Kier alpha value is -2.09. The zero-order valence-corrected chi connectivity index (χ0v) is 17.0. The number of rotatable bonds is 3. The van der Waals surface area contributed by atoms with Gasteiger partial charge in [-0.1, -0.05) is 16.8 Å². The van der Waals surface area contributed by atoms with Crippen LogP contribution in [0.2, 0.25) is 5.02 Å². The smallest absolute Gasteiger partial charge is 0.178 e. The highest BCUT2D eigenvalue weighted by molar-refractivity contribution is 6.30. The first kappa shape index (κ1) is 21.2. The molecule has 4 rings (SSSR count). The van der Waals surface area contributed by atoms with Crippen LogP contribution in [-0.2, 0) is 14.2 Å². The molecule has 0 bridgehead atoms. The van der Waals surface area contributed by atoms with E-state index in [-0.39, 0.29) is 29.3 Å². The monoisotopic (exact) mass is 439 g/mol. The van der Waals surface area contributed by atoms with Crippen LogP contribution in [0.5, 0.6) is 0 Å². The predicted octanol–water partition coefficient (Wildman–Crippen LogP) is 2.72. The summed E-state index contributed by atoms with van der Waals surface area (Å²) in [6, 6.07) is 1.82. The zero-order valence-electron chi connectivity index (χ0n) is 16.3. The fourth-order valence-electron chi connectivity index (χ4n) is 3.80. The van der Waals surface area contributed by atoms with Crippen LogP contribution in [0, 0.1) is 24.0 Å². The van der Waals surface area contributed by atoms with Gasteiger partial charge in [0.1, 0.15) is 30.0 Å². The van der Waals surface area contributed by atoms with E-state index >= 15 is 0 Å². The van der Waals surface area contributed by atoms with Gasteiger partial charge in [0.05, 0.1) is 23.9 Å². The lowest BCUT2D eigenvalue weighted by Gasteiger charge is -2.50. The Morgan fingerprint density at radius 3 is 2.87 bits per heavy atom. The van der Waals surface area contributed by atoms with Crippen molar-refractivity contribution in [1.29, 1.82) is 0 Å². The van der Waals surface area contributed by atoms with Crippen LogP contribution in [0.25, 0.3) is 11.3 Å². The average molecular weight is 440 g/mol. The third-order valence-corrected chi connectivity index (χ3v) is 5.54. The Labute approximate surface area is 176 Å². The van der Waals surface area contributed by atoms with Crippen LogP contribution < -0.4 is 0 Å². The first-order valence-corrected chi connectivity index (χ1v) is 9.74. The van der Waals surface area contributed by atoms with Crippen molar-refractivity contribution in [1.82, 2.24) is 15.0 Å². The predicted molar refractivity (Wildman–Crippen MR) is 102 cm³/mol. The second-order valence-electron chi connectivity index (χ2n) is 7.70. The van der Waals surface area contributed by atoms with Crippen LogP contribution in [0.3, 0.4) is 0 Å². The summed E-state index contributed by atoms with van der Waals surface area (Å²) in [5.41, 5.74) is -0.0206. The molecule has 0 amide bonds. The standard InChI is InChI=1S/C20H20ClF2N3O4/c1-4-5-13-18(27)17(19-14(29-13)9-28-20(2,3)30-19)26-8-12(24-25-26)10-6-7-11(21)16(23)15(10)22/h1,6-8,13-14,17-19,27H,5,9H2,2-3H3/t13-,14-,17-,18+,19+/m1/s1. The largest absolute Gasteiger partial charge is 0.388 e. The number of nitrogens with zero attached hydrogens (tertiary/aromatic N) is 3. The molecule has 2 fully saturated rings. The van der Waals surface area contributed by atoms with Gasteiger partial charge in [-0.3, -0.25) is 0 Å². The number of hydrogen-bond donors (Lipinski definition) is 1. The Balaban J connectivity index is 1.72. The highest BCUT2D eigenvalue weighted by Gasteiger charge is 2.51. The summed E-state index contributed by atoms with van der Waals surface area (Å²) in [6.07, 6.45) is 4.13. The van der Waals surface area contributed by atoms with Crippen molar-refractivity contribution in [2.24, 2.45) is 0 Å². The molecule has 1 aromatic carbocycles.